The van der Waals surface area contributed by atoms with Crippen LogP contribution in [0.5, 0.6) is 0 Å². The highest BCUT2D eigenvalue weighted by atomic mass is 31.2. The van der Waals surface area contributed by atoms with Crippen molar-refractivity contribution in [2.75, 3.05) is 47.5 Å². The van der Waals surface area contributed by atoms with E-state index in [1.807, 2.05) is 21.1 Å². The molecule has 0 heterocycles. The molecule has 2 atom stereocenters. The van der Waals surface area contributed by atoms with Crippen LogP contribution in [0.4, 0.5) is 0 Å². The van der Waals surface area contributed by atoms with E-state index in [0.29, 0.717) is 17.4 Å². The van der Waals surface area contributed by atoms with Crippen LogP contribution in [0.1, 0.15) is 206 Å². The lowest BCUT2D eigenvalue weighted by atomic mass is 10.1. The van der Waals surface area contributed by atoms with Gasteiger partial charge in [-0.3, -0.25) is 14.2 Å². The number of carbonyl (C=O) groups excluding carboxylic acids is 2. The number of unbranched alkanes of at least 4 members (excludes halogenated alkanes) is 19. The number of hydrogen-bond donors (Lipinski definition) is 0. The Kier molecular flexibility index (Phi) is 45.3. The van der Waals surface area contributed by atoms with Gasteiger partial charge in [0.25, 0.3) is 7.82 Å². The summed E-state index contributed by atoms with van der Waals surface area (Å²) in [6, 6.07) is 0. The number of esters is 2. The van der Waals surface area contributed by atoms with E-state index < -0.39 is 32.5 Å². The van der Waals surface area contributed by atoms with Crippen molar-refractivity contribution in [1.29, 1.82) is 0 Å². The monoisotopic (exact) mass is 944 g/mol. The van der Waals surface area contributed by atoms with Gasteiger partial charge in [-0.1, -0.05) is 189 Å². The minimum Gasteiger partial charge on any atom is -0.756 e. The number of hydrogen-bond acceptors (Lipinski definition) is 8. The summed E-state index contributed by atoms with van der Waals surface area (Å²) in [7, 11) is 1.13. The van der Waals surface area contributed by atoms with E-state index in [1.54, 1.807) is 0 Å². The van der Waals surface area contributed by atoms with Crippen LogP contribution in [0.2, 0.25) is 0 Å². The Bertz CT molecular complexity index is 1390. The largest absolute Gasteiger partial charge is 0.756 e. The molecule has 0 aliphatic rings. The smallest absolute Gasteiger partial charge is 0.306 e. The van der Waals surface area contributed by atoms with E-state index in [-0.39, 0.29) is 26.1 Å². The Morgan fingerprint density at radius 2 is 0.864 bits per heavy atom. The maximum absolute atomic E-state index is 12.7. The molecule has 0 fully saturated rings. The van der Waals surface area contributed by atoms with Gasteiger partial charge in [0, 0.05) is 12.8 Å². The van der Waals surface area contributed by atoms with Crippen LogP contribution in [0.3, 0.4) is 0 Å². The number of carbonyl (C=O) groups is 2. The highest BCUT2D eigenvalue weighted by Crippen LogP contribution is 2.38. The first-order chi connectivity index (χ1) is 32.0. The summed E-state index contributed by atoms with van der Waals surface area (Å²) >= 11 is 0. The number of rotatable bonds is 47. The van der Waals surface area contributed by atoms with Crippen molar-refractivity contribution in [2.24, 2.45) is 0 Å². The van der Waals surface area contributed by atoms with Crippen LogP contribution in [-0.4, -0.2) is 70.0 Å². The Hall–Kier alpha value is -2.81. The Morgan fingerprint density at radius 1 is 0.485 bits per heavy atom. The minimum atomic E-state index is -4.65. The summed E-state index contributed by atoms with van der Waals surface area (Å²) in [6.07, 6.45) is 61.9. The zero-order valence-corrected chi connectivity index (χ0v) is 43.8. The molecule has 0 radical (unpaired) electrons. The Morgan fingerprint density at radius 3 is 1.33 bits per heavy atom. The average molecular weight is 944 g/mol. The van der Waals surface area contributed by atoms with Gasteiger partial charge >= 0.3 is 11.9 Å². The third kappa shape index (κ3) is 50.6. The number of likely N-dealkylation sites (N-methyl/N-ethyl adjacent to an activating group) is 1. The topological polar surface area (TPSA) is 111 Å². The van der Waals surface area contributed by atoms with Crippen molar-refractivity contribution >= 4 is 19.8 Å². The summed E-state index contributed by atoms with van der Waals surface area (Å²) in [5.41, 5.74) is 0. The number of quaternary nitrogens is 1. The average Bonchev–Trinajstić information content (AvgIpc) is 3.27. The SMILES string of the molecule is CC/C=C\C/C=C\C/C=C\C/C=C\C/C=C\C/C=C\CCCCC(=O)OC(COC(=O)CCCCCCCCCCC/C=C\CCCCCCCCCC)COP(=O)([O-])OCC[N+](C)(C)C. The number of phosphoric ester groups is 1. The second-order valence-corrected chi connectivity index (χ2v) is 19.9. The molecule has 10 heteroatoms. The number of nitrogens with zero attached hydrogens (tertiary/aromatic N) is 1. The third-order valence-corrected chi connectivity index (χ3v) is 11.9. The predicted octanol–water partition coefficient (Wildman–Crippen LogP) is 15.3. The highest BCUT2D eigenvalue weighted by molar-refractivity contribution is 7.45. The van der Waals surface area contributed by atoms with Crippen molar-refractivity contribution in [2.45, 2.75) is 213 Å². The van der Waals surface area contributed by atoms with Crippen LogP contribution < -0.4 is 4.89 Å². The quantitative estimate of drug-likeness (QED) is 0.0195. The molecule has 0 rings (SSSR count). The van der Waals surface area contributed by atoms with Gasteiger partial charge in [0.15, 0.2) is 6.10 Å². The molecule has 0 aromatic rings. The highest BCUT2D eigenvalue weighted by Gasteiger charge is 2.21. The van der Waals surface area contributed by atoms with Gasteiger partial charge < -0.3 is 27.9 Å². The molecule has 0 saturated heterocycles. The summed E-state index contributed by atoms with van der Waals surface area (Å²) in [6.45, 7) is 4.07. The van der Waals surface area contributed by atoms with Gasteiger partial charge in [-0.15, -0.1) is 0 Å². The number of phosphoric acid groups is 1. The van der Waals surface area contributed by atoms with E-state index in [2.05, 4.69) is 98.9 Å². The first kappa shape index (κ1) is 63.2. The van der Waals surface area contributed by atoms with Crippen LogP contribution >= 0.6 is 7.82 Å². The molecule has 66 heavy (non-hydrogen) atoms. The molecule has 0 aromatic heterocycles. The van der Waals surface area contributed by atoms with Crippen LogP contribution in [0.25, 0.3) is 0 Å². The van der Waals surface area contributed by atoms with Crippen molar-refractivity contribution in [3.05, 3.63) is 85.1 Å². The number of ether oxygens (including phenoxy) is 2. The molecule has 0 aromatic carbocycles. The maximum Gasteiger partial charge on any atom is 0.306 e. The van der Waals surface area contributed by atoms with Gasteiger partial charge in [-0.2, -0.15) is 0 Å². The second-order valence-electron chi connectivity index (χ2n) is 18.5. The zero-order chi connectivity index (χ0) is 48.5. The van der Waals surface area contributed by atoms with E-state index in [9.17, 15) is 19.0 Å². The molecule has 0 N–H and O–H groups in total. The van der Waals surface area contributed by atoms with Crippen LogP contribution in [0.15, 0.2) is 85.1 Å². The zero-order valence-electron chi connectivity index (χ0n) is 42.9. The van der Waals surface area contributed by atoms with E-state index in [4.69, 9.17) is 18.5 Å². The van der Waals surface area contributed by atoms with Gasteiger partial charge in [0.2, 0.25) is 0 Å². The fraction of sp³-hybridized carbons (Fsp3) is 0.714. The van der Waals surface area contributed by atoms with Crippen molar-refractivity contribution in [3.63, 3.8) is 0 Å². The first-order valence-corrected chi connectivity index (χ1v) is 27.8. The lowest BCUT2D eigenvalue weighted by Crippen LogP contribution is -2.37. The maximum atomic E-state index is 12.7. The first-order valence-electron chi connectivity index (χ1n) is 26.3. The van der Waals surface area contributed by atoms with Crippen LogP contribution in [0, 0.1) is 0 Å². The summed E-state index contributed by atoms with van der Waals surface area (Å²) < 4.78 is 34.0. The lowest BCUT2D eigenvalue weighted by molar-refractivity contribution is -0.870. The molecule has 0 saturated carbocycles. The molecule has 0 aliphatic carbocycles. The third-order valence-electron chi connectivity index (χ3n) is 10.9. The molecular formula is C56H98NO8P. The van der Waals surface area contributed by atoms with Crippen molar-refractivity contribution < 1.29 is 42.1 Å². The second kappa shape index (κ2) is 47.3. The van der Waals surface area contributed by atoms with Gasteiger partial charge in [0.05, 0.1) is 27.7 Å². The summed E-state index contributed by atoms with van der Waals surface area (Å²) in [5, 5.41) is 0. The van der Waals surface area contributed by atoms with Gasteiger partial charge in [-0.25, -0.2) is 0 Å². The van der Waals surface area contributed by atoms with Gasteiger partial charge in [0.1, 0.15) is 19.8 Å². The standard InChI is InChI=1S/C56H98NO8P/c1-6-8-10-12-14-16-18-20-22-24-26-28-30-32-34-36-38-40-42-44-46-48-55(58)62-52-54(53-64-66(60,61)63-51-50-57(3,4)5)65-56(59)49-47-45-43-41-39-37-35-33-31-29-27-25-23-21-19-17-15-13-11-9-7-2/h9,11,15,17,21,23-24,26-27,29,33,35,39,41,54H,6-8,10,12-14,16,18-20,22,25,28,30-32,34,36-38,40,42-53H2,1-5H3/b11-9-,17-15-,23-21-,26-24-,29-27-,35-33-,41-39-. The number of allylic oxidation sites excluding steroid dienone is 14. The fourth-order valence-electron chi connectivity index (χ4n) is 6.83. The minimum absolute atomic E-state index is 0.0438. The Labute approximate surface area is 405 Å². The summed E-state index contributed by atoms with van der Waals surface area (Å²) in [4.78, 5) is 37.7. The molecule has 2 unspecified atom stereocenters. The molecule has 380 valence electrons. The van der Waals surface area contributed by atoms with Gasteiger partial charge in [-0.05, 0) is 89.9 Å². The van der Waals surface area contributed by atoms with Crippen molar-refractivity contribution in [1.82, 2.24) is 0 Å². The fourth-order valence-corrected chi connectivity index (χ4v) is 7.56. The molecule has 0 spiro atoms. The molecule has 0 amide bonds. The van der Waals surface area contributed by atoms with E-state index in [1.165, 1.54) is 96.3 Å². The Balaban J connectivity index is 4.34. The lowest BCUT2D eigenvalue weighted by Gasteiger charge is -2.28. The normalized spacial score (nSPS) is 14.1. The molecule has 0 bridgehead atoms. The molecule has 0 aliphatic heterocycles. The van der Waals surface area contributed by atoms with E-state index >= 15 is 0 Å². The molecular weight excluding hydrogens is 846 g/mol. The molecule has 9 nitrogen and oxygen atoms in total. The summed E-state index contributed by atoms with van der Waals surface area (Å²) in [5.74, 6) is -0.890. The van der Waals surface area contributed by atoms with Crippen molar-refractivity contribution in [3.8, 4) is 0 Å². The van der Waals surface area contributed by atoms with Crippen LogP contribution in [-0.2, 0) is 32.7 Å². The van der Waals surface area contributed by atoms with E-state index in [0.717, 1.165) is 77.0 Å². The predicted molar refractivity (Wildman–Crippen MR) is 277 cm³/mol.